The van der Waals surface area contributed by atoms with E-state index in [0.717, 1.165) is 0 Å². The first-order valence-corrected chi connectivity index (χ1v) is 7.05. The molecule has 8 nitrogen and oxygen atoms in total. The minimum Gasteiger partial charge on any atom is -0.508 e. The SMILES string of the molecule is Cc1nc2nc[nH]n2c(=O)c1CCC(=O)Nc1cccc(O)c1. The number of benzene rings is 1. The molecule has 0 bridgehead atoms. The number of aromatic hydroxyl groups is 1. The second-order valence-electron chi connectivity index (χ2n) is 5.10. The van der Waals surface area contributed by atoms with Gasteiger partial charge in [-0.2, -0.15) is 4.52 Å². The summed E-state index contributed by atoms with van der Waals surface area (Å²) in [6.07, 6.45) is 1.79. The van der Waals surface area contributed by atoms with Crippen molar-refractivity contribution in [1.29, 1.82) is 0 Å². The highest BCUT2D eigenvalue weighted by molar-refractivity contribution is 5.91. The van der Waals surface area contributed by atoms with Crippen LogP contribution in [0.4, 0.5) is 5.69 Å². The van der Waals surface area contributed by atoms with Gasteiger partial charge in [-0.1, -0.05) is 6.07 Å². The number of nitrogens with one attached hydrogen (secondary N) is 2. The monoisotopic (exact) mass is 313 g/mol. The maximum absolute atomic E-state index is 12.3. The maximum atomic E-state index is 12.3. The zero-order valence-corrected chi connectivity index (χ0v) is 12.4. The molecule has 3 N–H and O–H groups in total. The van der Waals surface area contributed by atoms with E-state index >= 15 is 0 Å². The van der Waals surface area contributed by atoms with Crippen LogP contribution in [0.2, 0.25) is 0 Å². The van der Waals surface area contributed by atoms with Crippen LogP contribution in [-0.4, -0.2) is 30.6 Å². The van der Waals surface area contributed by atoms with E-state index in [1.165, 1.54) is 23.0 Å². The molecule has 23 heavy (non-hydrogen) atoms. The van der Waals surface area contributed by atoms with Crippen LogP contribution >= 0.6 is 0 Å². The lowest BCUT2D eigenvalue weighted by Crippen LogP contribution is -2.23. The Labute approximate surface area is 130 Å². The molecule has 1 aromatic carbocycles. The molecule has 0 fully saturated rings. The second-order valence-corrected chi connectivity index (χ2v) is 5.10. The van der Waals surface area contributed by atoms with Crippen LogP contribution in [0, 0.1) is 6.92 Å². The number of carbonyl (C=O) groups is 1. The standard InChI is InChI=1S/C15H15N5O3/c1-9-12(14(23)20-15(18-9)16-8-17-20)5-6-13(22)19-10-3-2-4-11(21)7-10/h2-4,7-8,21H,5-6H2,1H3,(H,19,22)(H,16,17,18). The number of rotatable bonds is 4. The number of aromatic nitrogens is 4. The Balaban J connectivity index is 1.73. The average molecular weight is 313 g/mol. The maximum Gasteiger partial charge on any atom is 0.277 e. The Hall–Kier alpha value is -3.16. The van der Waals surface area contributed by atoms with Crippen LogP contribution in [-0.2, 0) is 11.2 Å². The van der Waals surface area contributed by atoms with E-state index in [1.807, 2.05) is 0 Å². The summed E-state index contributed by atoms with van der Waals surface area (Å²) in [4.78, 5) is 32.5. The third kappa shape index (κ3) is 3.05. The van der Waals surface area contributed by atoms with Gasteiger partial charge in [-0.25, -0.2) is 9.97 Å². The summed E-state index contributed by atoms with van der Waals surface area (Å²) in [6, 6.07) is 6.29. The zero-order chi connectivity index (χ0) is 16.4. The normalized spacial score (nSPS) is 10.8. The molecule has 2 heterocycles. The molecule has 2 aromatic heterocycles. The number of H-pyrrole nitrogens is 1. The van der Waals surface area contributed by atoms with Crippen molar-refractivity contribution in [2.24, 2.45) is 0 Å². The van der Waals surface area contributed by atoms with Gasteiger partial charge in [0.15, 0.2) is 0 Å². The molecule has 0 saturated heterocycles. The molecule has 3 rings (SSSR count). The number of anilines is 1. The van der Waals surface area contributed by atoms with Crippen molar-refractivity contribution in [3.63, 3.8) is 0 Å². The fourth-order valence-corrected chi connectivity index (χ4v) is 2.33. The van der Waals surface area contributed by atoms with E-state index < -0.39 is 0 Å². The van der Waals surface area contributed by atoms with E-state index in [-0.39, 0.29) is 30.1 Å². The van der Waals surface area contributed by atoms with Crippen molar-refractivity contribution >= 4 is 17.4 Å². The fraction of sp³-hybridized carbons (Fsp3) is 0.200. The number of phenols is 1. The topological polar surface area (TPSA) is 112 Å². The van der Waals surface area contributed by atoms with E-state index in [0.29, 0.717) is 22.7 Å². The molecule has 0 atom stereocenters. The first kappa shape index (κ1) is 14.8. The smallest absolute Gasteiger partial charge is 0.277 e. The molecular formula is C15H15N5O3. The molecular weight excluding hydrogens is 298 g/mol. The second kappa shape index (κ2) is 5.91. The minimum atomic E-state index is -0.254. The Kier molecular flexibility index (Phi) is 3.80. The predicted octanol–water partition coefficient (Wildman–Crippen LogP) is 1.00. The molecule has 0 aliphatic heterocycles. The minimum absolute atomic E-state index is 0.0748. The Morgan fingerprint density at radius 2 is 2.26 bits per heavy atom. The molecule has 8 heteroatoms. The van der Waals surface area contributed by atoms with Crippen LogP contribution in [0.1, 0.15) is 17.7 Å². The molecule has 0 aliphatic rings. The van der Waals surface area contributed by atoms with Crippen LogP contribution < -0.4 is 10.9 Å². The lowest BCUT2D eigenvalue weighted by Gasteiger charge is -2.07. The summed E-state index contributed by atoms with van der Waals surface area (Å²) in [7, 11) is 0. The number of aryl methyl sites for hydroxylation is 1. The number of amides is 1. The number of nitrogens with zero attached hydrogens (tertiary/aromatic N) is 3. The zero-order valence-electron chi connectivity index (χ0n) is 12.4. The molecule has 0 saturated carbocycles. The fourth-order valence-electron chi connectivity index (χ4n) is 2.33. The van der Waals surface area contributed by atoms with Crippen LogP contribution in [0.15, 0.2) is 35.4 Å². The highest BCUT2D eigenvalue weighted by Gasteiger charge is 2.13. The Bertz CT molecular complexity index is 928. The highest BCUT2D eigenvalue weighted by atomic mass is 16.3. The van der Waals surface area contributed by atoms with Gasteiger partial charge in [0.2, 0.25) is 5.91 Å². The van der Waals surface area contributed by atoms with Gasteiger partial charge < -0.3 is 10.4 Å². The number of hydrogen-bond donors (Lipinski definition) is 3. The van der Waals surface area contributed by atoms with Gasteiger partial charge in [0.25, 0.3) is 11.3 Å². The highest BCUT2D eigenvalue weighted by Crippen LogP contribution is 2.15. The van der Waals surface area contributed by atoms with E-state index in [9.17, 15) is 14.7 Å². The first-order chi connectivity index (χ1) is 11.0. The van der Waals surface area contributed by atoms with Gasteiger partial charge in [0.05, 0.1) is 5.69 Å². The first-order valence-electron chi connectivity index (χ1n) is 7.05. The van der Waals surface area contributed by atoms with Gasteiger partial charge in [0.1, 0.15) is 12.1 Å². The van der Waals surface area contributed by atoms with Crippen molar-refractivity contribution in [3.8, 4) is 5.75 Å². The lowest BCUT2D eigenvalue weighted by atomic mass is 10.1. The molecule has 0 aliphatic carbocycles. The molecule has 3 aromatic rings. The summed E-state index contributed by atoms with van der Waals surface area (Å²) in [5.41, 5.74) is 1.28. The van der Waals surface area contributed by atoms with Gasteiger partial charge >= 0.3 is 0 Å². The van der Waals surface area contributed by atoms with Crippen molar-refractivity contribution in [2.45, 2.75) is 19.8 Å². The predicted molar refractivity (Wildman–Crippen MR) is 83.4 cm³/mol. The number of phenolic OH excluding ortho intramolecular Hbond substituents is 1. The Morgan fingerprint density at radius 1 is 1.43 bits per heavy atom. The third-order valence-corrected chi connectivity index (χ3v) is 3.46. The van der Waals surface area contributed by atoms with Gasteiger partial charge in [-0.05, 0) is 25.5 Å². The van der Waals surface area contributed by atoms with E-state index in [4.69, 9.17) is 0 Å². The summed E-state index contributed by atoms with van der Waals surface area (Å²) in [6.45, 7) is 1.72. The number of aromatic amines is 1. The summed E-state index contributed by atoms with van der Waals surface area (Å²) >= 11 is 0. The molecule has 0 unspecified atom stereocenters. The van der Waals surface area contributed by atoms with E-state index in [1.54, 1.807) is 19.1 Å². The molecule has 118 valence electrons. The number of carbonyl (C=O) groups excluding carboxylic acids is 1. The number of hydrogen-bond acceptors (Lipinski definition) is 5. The Morgan fingerprint density at radius 3 is 3.04 bits per heavy atom. The largest absolute Gasteiger partial charge is 0.508 e. The van der Waals surface area contributed by atoms with Crippen molar-refractivity contribution in [1.82, 2.24) is 19.6 Å². The summed E-state index contributed by atoms with van der Waals surface area (Å²) in [5, 5.41) is 14.7. The average Bonchev–Trinajstić information content (AvgIpc) is 2.95. The quantitative estimate of drug-likeness (QED) is 0.665. The van der Waals surface area contributed by atoms with Crippen LogP contribution in [0.3, 0.4) is 0 Å². The summed E-state index contributed by atoms with van der Waals surface area (Å²) < 4.78 is 1.25. The molecule has 0 radical (unpaired) electrons. The van der Waals surface area contributed by atoms with Crippen molar-refractivity contribution in [2.75, 3.05) is 5.32 Å². The van der Waals surface area contributed by atoms with E-state index in [2.05, 4.69) is 20.4 Å². The van der Waals surface area contributed by atoms with Crippen molar-refractivity contribution < 1.29 is 9.90 Å². The third-order valence-electron chi connectivity index (χ3n) is 3.46. The molecule has 0 spiro atoms. The van der Waals surface area contributed by atoms with Gasteiger partial charge in [-0.15, -0.1) is 0 Å². The van der Waals surface area contributed by atoms with Gasteiger partial charge in [0, 0.05) is 23.7 Å². The van der Waals surface area contributed by atoms with Crippen molar-refractivity contribution in [3.05, 3.63) is 52.2 Å². The van der Waals surface area contributed by atoms with Crippen LogP contribution in [0.5, 0.6) is 5.75 Å². The molecule has 1 amide bonds. The van der Waals surface area contributed by atoms with Crippen LogP contribution in [0.25, 0.3) is 5.78 Å². The lowest BCUT2D eigenvalue weighted by molar-refractivity contribution is -0.116. The number of fused-ring (bicyclic) bond motifs is 1. The summed E-state index contributed by atoms with van der Waals surface area (Å²) in [5.74, 6) is 0.135. The van der Waals surface area contributed by atoms with Gasteiger partial charge in [-0.3, -0.25) is 14.7 Å².